The molecule has 0 aromatic heterocycles. The summed E-state index contributed by atoms with van der Waals surface area (Å²) in [6.45, 7) is 8.21. The van der Waals surface area contributed by atoms with Crippen LogP contribution in [0.4, 0.5) is 13.2 Å². The minimum atomic E-state index is -4.23. The second-order valence-corrected chi connectivity index (χ2v) is 4.37. The highest BCUT2D eigenvalue weighted by Gasteiger charge is 2.30. The van der Waals surface area contributed by atoms with Crippen LogP contribution in [0, 0.1) is 0 Å². The molecule has 19 heavy (non-hydrogen) atoms. The molecule has 0 heterocycles. The van der Waals surface area contributed by atoms with Gasteiger partial charge in [-0.1, -0.05) is 52.7 Å². The van der Waals surface area contributed by atoms with Gasteiger partial charge in [-0.2, -0.15) is 13.2 Å². The molecule has 0 nitrogen and oxygen atoms in total. The van der Waals surface area contributed by atoms with Crippen molar-refractivity contribution in [1.82, 2.24) is 0 Å². The van der Waals surface area contributed by atoms with Gasteiger partial charge in [0.15, 0.2) is 0 Å². The van der Waals surface area contributed by atoms with Crippen molar-refractivity contribution < 1.29 is 13.2 Å². The third-order valence-corrected chi connectivity index (χ3v) is 3.11. The highest BCUT2D eigenvalue weighted by Crippen LogP contribution is 2.31. The zero-order chi connectivity index (χ0) is 14.9. The number of unbranched alkanes of at least 4 members (excludes halogenated alkanes) is 1. The van der Waals surface area contributed by atoms with Crippen LogP contribution >= 0.6 is 0 Å². The number of benzene rings is 1. The first-order valence-electron chi connectivity index (χ1n) is 7.16. The smallest absolute Gasteiger partial charge is 0.166 e. The summed E-state index contributed by atoms with van der Waals surface area (Å²) in [4.78, 5) is 0. The van der Waals surface area contributed by atoms with Crippen molar-refractivity contribution >= 4 is 0 Å². The molecule has 0 saturated carbocycles. The van der Waals surface area contributed by atoms with E-state index in [1.807, 2.05) is 13.8 Å². The fourth-order valence-corrected chi connectivity index (χ4v) is 2.00. The lowest BCUT2D eigenvalue weighted by atomic mass is 9.91. The second-order valence-electron chi connectivity index (χ2n) is 4.37. The highest BCUT2D eigenvalue weighted by atomic mass is 19.4. The number of hydrogen-bond acceptors (Lipinski definition) is 0. The van der Waals surface area contributed by atoms with Gasteiger partial charge in [-0.05, 0) is 36.5 Å². The zero-order valence-corrected chi connectivity index (χ0v) is 12.3. The van der Waals surface area contributed by atoms with Gasteiger partial charge in [0.05, 0.1) is 5.56 Å². The van der Waals surface area contributed by atoms with Gasteiger partial charge < -0.3 is 0 Å². The van der Waals surface area contributed by atoms with E-state index in [0.717, 1.165) is 31.2 Å². The first-order valence-corrected chi connectivity index (χ1v) is 7.16. The van der Waals surface area contributed by atoms with Crippen molar-refractivity contribution in [1.29, 1.82) is 0 Å². The van der Waals surface area contributed by atoms with Crippen LogP contribution < -0.4 is 0 Å². The van der Waals surface area contributed by atoms with Gasteiger partial charge in [0.2, 0.25) is 0 Å². The summed E-state index contributed by atoms with van der Waals surface area (Å²) < 4.78 is 37.2. The van der Waals surface area contributed by atoms with Crippen molar-refractivity contribution in [3.63, 3.8) is 0 Å². The molecule has 0 spiro atoms. The van der Waals surface area contributed by atoms with E-state index in [9.17, 15) is 13.2 Å². The van der Waals surface area contributed by atoms with E-state index in [4.69, 9.17) is 0 Å². The molecule has 0 amide bonds. The Morgan fingerprint density at radius 1 is 1.00 bits per heavy atom. The first-order chi connectivity index (χ1) is 8.99. The Morgan fingerprint density at radius 2 is 1.53 bits per heavy atom. The number of alkyl halides is 3. The van der Waals surface area contributed by atoms with Gasteiger partial charge in [0.1, 0.15) is 0 Å². The predicted octanol–water partition coefficient (Wildman–Crippen LogP) is 6.42. The van der Waals surface area contributed by atoms with Crippen molar-refractivity contribution in [2.45, 2.75) is 65.5 Å². The van der Waals surface area contributed by atoms with E-state index in [2.05, 4.69) is 13.8 Å². The largest absolute Gasteiger partial charge is 0.416 e. The van der Waals surface area contributed by atoms with Gasteiger partial charge in [0.25, 0.3) is 0 Å². The Balaban J connectivity index is 0.00000154. The molecule has 1 aromatic rings. The molecule has 0 aliphatic carbocycles. The quantitative estimate of drug-likeness (QED) is 0.581. The monoisotopic (exact) mass is 274 g/mol. The molecule has 0 aliphatic rings. The maximum absolute atomic E-state index is 12.4. The van der Waals surface area contributed by atoms with Gasteiger partial charge >= 0.3 is 6.18 Å². The van der Waals surface area contributed by atoms with Gasteiger partial charge in [-0.3, -0.25) is 0 Å². The fraction of sp³-hybridized carbons (Fsp3) is 0.625. The molecule has 1 aromatic carbocycles. The topological polar surface area (TPSA) is 0 Å². The fourth-order valence-electron chi connectivity index (χ4n) is 2.00. The number of halogens is 3. The predicted molar refractivity (Wildman–Crippen MR) is 75.3 cm³/mol. The van der Waals surface area contributed by atoms with Crippen molar-refractivity contribution in [3.05, 3.63) is 35.4 Å². The van der Waals surface area contributed by atoms with Crippen LogP contribution in [-0.2, 0) is 6.18 Å². The van der Waals surface area contributed by atoms with E-state index < -0.39 is 11.7 Å². The minimum absolute atomic E-state index is 0.386. The molecular weight excluding hydrogens is 249 g/mol. The van der Waals surface area contributed by atoms with E-state index in [-0.39, 0.29) is 0 Å². The summed E-state index contributed by atoms with van der Waals surface area (Å²) in [5.41, 5.74) is 0.459. The van der Waals surface area contributed by atoms with Gasteiger partial charge in [0, 0.05) is 0 Å². The van der Waals surface area contributed by atoms with E-state index in [1.54, 1.807) is 12.1 Å². The van der Waals surface area contributed by atoms with Gasteiger partial charge in [-0.25, -0.2) is 0 Å². The SMILES string of the molecule is CC.CCCCC(CC)c1ccc(C(F)(F)F)cc1. The van der Waals surface area contributed by atoms with Crippen LogP contribution in [0.15, 0.2) is 24.3 Å². The summed E-state index contributed by atoms with van der Waals surface area (Å²) in [5.74, 6) is 0.386. The molecule has 3 heteroatoms. The van der Waals surface area contributed by atoms with Crippen LogP contribution in [0.1, 0.15) is 70.4 Å². The maximum atomic E-state index is 12.4. The van der Waals surface area contributed by atoms with E-state index in [0.29, 0.717) is 5.92 Å². The molecule has 1 atom stereocenters. The summed E-state index contributed by atoms with van der Waals surface area (Å²) >= 11 is 0. The summed E-state index contributed by atoms with van der Waals surface area (Å²) in [6, 6.07) is 5.60. The number of hydrogen-bond donors (Lipinski definition) is 0. The molecule has 0 radical (unpaired) electrons. The highest BCUT2D eigenvalue weighted by molar-refractivity contribution is 5.27. The molecule has 1 unspecified atom stereocenters. The molecule has 110 valence electrons. The molecule has 0 bridgehead atoms. The Hall–Kier alpha value is -0.990. The van der Waals surface area contributed by atoms with Crippen LogP contribution in [0.3, 0.4) is 0 Å². The molecule has 0 aliphatic heterocycles. The molecule has 0 fully saturated rings. The Labute approximate surface area is 115 Å². The van der Waals surface area contributed by atoms with Gasteiger partial charge in [-0.15, -0.1) is 0 Å². The standard InChI is InChI=1S/C14H19F3.C2H6/c1-3-5-6-11(4-2)12-7-9-13(10-8-12)14(15,16)17;1-2/h7-11H,3-6H2,1-2H3;1-2H3. The van der Waals surface area contributed by atoms with Crippen molar-refractivity contribution in [3.8, 4) is 0 Å². The van der Waals surface area contributed by atoms with Crippen LogP contribution in [-0.4, -0.2) is 0 Å². The Morgan fingerprint density at radius 3 is 1.89 bits per heavy atom. The average Bonchev–Trinajstić information content (AvgIpc) is 2.41. The Bertz CT molecular complexity index is 325. The molecule has 1 rings (SSSR count). The van der Waals surface area contributed by atoms with E-state index in [1.165, 1.54) is 12.1 Å². The Kier molecular flexibility index (Phi) is 8.53. The zero-order valence-electron chi connectivity index (χ0n) is 12.3. The lowest BCUT2D eigenvalue weighted by Gasteiger charge is -2.16. The summed E-state index contributed by atoms with van der Waals surface area (Å²) in [6.07, 6.45) is 0.0457. The second kappa shape index (κ2) is 9.00. The number of rotatable bonds is 5. The summed E-state index contributed by atoms with van der Waals surface area (Å²) in [7, 11) is 0. The summed E-state index contributed by atoms with van der Waals surface area (Å²) in [5, 5.41) is 0. The average molecular weight is 274 g/mol. The maximum Gasteiger partial charge on any atom is 0.416 e. The first kappa shape index (κ1) is 18.0. The van der Waals surface area contributed by atoms with Crippen LogP contribution in [0.2, 0.25) is 0 Å². The lowest BCUT2D eigenvalue weighted by molar-refractivity contribution is -0.137. The molecular formula is C16H25F3. The van der Waals surface area contributed by atoms with Crippen molar-refractivity contribution in [2.75, 3.05) is 0 Å². The van der Waals surface area contributed by atoms with Crippen LogP contribution in [0.25, 0.3) is 0 Å². The van der Waals surface area contributed by atoms with Crippen molar-refractivity contribution in [2.24, 2.45) is 0 Å². The van der Waals surface area contributed by atoms with Crippen LogP contribution in [0.5, 0.6) is 0 Å². The molecule has 0 saturated heterocycles. The lowest BCUT2D eigenvalue weighted by Crippen LogP contribution is -2.05. The normalized spacial score (nSPS) is 12.6. The van der Waals surface area contributed by atoms with E-state index >= 15 is 0 Å². The third kappa shape index (κ3) is 6.13. The minimum Gasteiger partial charge on any atom is -0.166 e. The third-order valence-electron chi connectivity index (χ3n) is 3.11. The molecule has 0 N–H and O–H groups in total.